The summed E-state index contributed by atoms with van der Waals surface area (Å²) < 4.78 is 6.47. The summed E-state index contributed by atoms with van der Waals surface area (Å²) in [5.41, 5.74) is 1.76. The lowest BCUT2D eigenvalue weighted by molar-refractivity contribution is 0.0658. The second kappa shape index (κ2) is 7.70. The molecule has 0 aliphatic heterocycles. The van der Waals surface area contributed by atoms with E-state index in [-0.39, 0.29) is 11.5 Å². The Kier molecular flexibility index (Phi) is 5.92. The van der Waals surface area contributed by atoms with E-state index in [1.54, 1.807) is 12.4 Å². The first-order valence-electron chi connectivity index (χ1n) is 7.73. The number of imidazole rings is 2. The van der Waals surface area contributed by atoms with Gasteiger partial charge in [0.15, 0.2) is 19.3 Å². The first kappa shape index (κ1) is 16.9. The summed E-state index contributed by atoms with van der Waals surface area (Å²) in [7, 11) is -1.07. The van der Waals surface area contributed by atoms with Crippen molar-refractivity contribution >= 4 is 19.3 Å². The topological polar surface area (TPSA) is 66.6 Å². The van der Waals surface area contributed by atoms with Gasteiger partial charge in [-0.15, -0.1) is 6.58 Å². The van der Waals surface area contributed by atoms with Crippen LogP contribution in [0.15, 0.2) is 37.4 Å². The van der Waals surface area contributed by atoms with Crippen LogP contribution < -0.4 is 11.1 Å². The number of aromatic amines is 2. The fourth-order valence-corrected chi connectivity index (χ4v) is 4.44. The average molecular weight is 320 g/mol. The summed E-state index contributed by atoms with van der Waals surface area (Å²) in [5.74, 6) is 0. The minimum atomic E-state index is -1.07. The largest absolute Gasteiger partial charge is 0.343 e. The van der Waals surface area contributed by atoms with Crippen LogP contribution in [0.5, 0.6) is 0 Å². The number of H-pyrrole nitrogens is 2. The van der Waals surface area contributed by atoms with Gasteiger partial charge in [-0.05, 0) is 31.6 Å². The zero-order valence-corrected chi connectivity index (χ0v) is 14.4. The second-order valence-corrected chi connectivity index (χ2v) is 7.08. The first-order chi connectivity index (χ1) is 10.7. The Hall–Kier alpha value is -1.45. The minimum Gasteiger partial charge on any atom is -0.343 e. The minimum absolute atomic E-state index is 0.0850. The fraction of sp³-hybridized carbons (Fsp3) is 0.500. The van der Waals surface area contributed by atoms with E-state index in [1.807, 2.05) is 18.5 Å². The zero-order chi connectivity index (χ0) is 16.0. The van der Waals surface area contributed by atoms with Crippen molar-refractivity contribution < 1.29 is 4.52 Å². The van der Waals surface area contributed by atoms with Crippen LogP contribution in [-0.2, 0) is 4.52 Å². The van der Waals surface area contributed by atoms with E-state index in [2.05, 4.69) is 47.3 Å². The Labute approximate surface area is 133 Å². The van der Waals surface area contributed by atoms with Crippen LogP contribution in [0, 0.1) is 5.41 Å². The molecule has 2 rings (SSSR count). The van der Waals surface area contributed by atoms with Crippen LogP contribution in [0.3, 0.4) is 0 Å². The SMILES string of the molecule is C=CCC(CC)(CC)C(C)OP(c1ncc[nH]1)c1ncc[nH]1. The molecule has 0 aliphatic rings. The highest BCUT2D eigenvalue weighted by molar-refractivity contribution is 7.67. The monoisotopic (exact) mass is 320 g/mol. The van der Waals surface area contributed by atoms with Crippen molar-refractivity contribution in [1.29, 1.82) is 0 Å². The normalized spacial score (nSPS) is 13.5. The van der Waals surface area contributed by atoms with Crippen molar-refractivity contribution in [3.8, 4) is 0 Å². The Morgan fingerprint density at radius 2 is 1.77 bits per heavy atom. The van der Waals surface area contributed by atoms with Crippen molar-refractivity contribution in [2.75, 3.05) is 0 Å². The van der Waals surface area contributed by atoms with E-state index in [0.717, 1.165) is 30.4 Å². The molecule has 0 aliphatic carbocycles. The highest BCUT2D eigenvalue weighted by atomic mass is 31.1. The van der Waals surface area contributed by atoms with Crippen molar-refractivity contribution in [1.82, 2.24) is 19.9 Å². The van der Waals surface area contributed by atoms with Gasteiger partial charge in [-0.1, -0.05) is 19.9 Å². The lowest BCUT2D eigenvalue weighted by Crippen LogP contribution is -2.35. The van der Waals surface area contributed by atoms with Crippen molar-refractivity contribution in [3.05, 3.63) is 37.4 Å². The molecule has 0 radical (unpaired) electrons. The summed E-state index contributed by atoms with van der Waals surface area (Å²) in [6.07, 6.45) is 12.3. The Morgan fingerprint density at radius 1 is 1.23 bits per heavy atom. The van der Waals surface area contributed by atoms with Crippen LogP contribution in [-0.4, -0.2) is 26.0 Å². The number of allylic oxidation sites excluding steroid dienone is 1. The van der Waals surface area contributed by atoms with E-state index < -0.39 is 8.15 Å². The summed E-state index contributed by atoms with van der Waals surface area (Å²) in [6, 6.07) is 0. The Bertz CT molecular complexity index is 514. The van der Waals surface area contributed by atoms with Crippen molar-refractivity contribution in [2.45, 2.75) is 46.1 Å². The molecule has 2 heterocycles. The molecule has 0 aromatic carbocycles. The second-order valence-electron chi connectivity index (χ2n) is 5.43. The summed E-state index contributed by atoms with van der Waals surface area (Å²) in [6.45, 7) is 10.5. The molecule has 22 heavy (non-hydrogen) atoms. The smallest absolute Gasteiger partial charge is 0.167 e. The molecule has 1 atom stereocenters. The maximum absolute atomic E-state index is 6.47. The molecule has 0 spiro atoms. The number of aromatic nitrogens is 4. The standard InChI is InChI=1S/C16H25N4OP/c1-5-8-16(6-2,7-3)13(4)21-22(14-17-9-10-18-14)15-19-11-12-20-15/h5,9-13H,1,6-8H2,2-4H3,(H,17,18)(H,19,20). The number of hydrogen-bond donors (Lipinski definition) is 2. The number of rotatable bonds is 9. The maximum atomic E-state index is 6.47. The fourth-order valence-electron chi connectivity index (χ4n) is 2.77. The van der Waals surface area contributed by atoms with E-state index in [0.29, 0.717) is 0 Å². The summed E-state index contributed by atoms with van der Waals surface area (Å²) >= 11 is 0. The Balaban J connectivity index is 2.25. The molecule has 5 nitrogen and oxygen atoms in total. The average Bonchev–Trinajstić information content (AvgIpc) is 3.23. The van der Waals surface area contributed by atoms with E-state index >= 15 is 0 Å². The molecule has 2 aromatic rings. The summed E-state index contributed by atoms with van der Waals surface area (Å²) in [4.78, 5) is 15.1. The summed E-state index contributed by atoms with van der Waals surface area (Å²) in [5, 5.41) is 0. The van der Waals surface area contributed by atoms with Gasteiger partial charge >= 0.3 is 0 Å². The molecule has 120 valence electrons. The quantitative estimate of drug-likeness (QED) is 0.550. The molecule has 0 amide bonds. The number of hydrogen-bond acceptors (Lipinski definition) is 3. The predicted molar refractivity (Wildman–Crippen MR) is 91.7 cm³/mol. The molecule has 1 unspecified atom stereocenters. The van der Waals surface area contributed by atoms with Crippen molar-refractivity contribution in [3.63, 3.8) is 0 Å². The van der Waals surface area contributed by atoms with Crippen LogP contribution in [0.2, 0.25) is 0 Å². The molecule has 0 saturated carbocycles. The lowest BCUT2D eigenvalue weighted by Gasteiger charge is -2.38. The van der Waals surface area contributed by atoms with Gasteiger partial charge in [-0.3, -0.25) is 0 Å². The number of nitrogens with one attached hydrogen (secondary N) is 2. The van der Waals surface area contributed by atoms with Gasteiger partial charge in [0, 0.05) is 24.8 Å². The van der Waals surface area contributed by atoms with Crippen molar-refractivity contribution in [2.24, 2.45) is 5.41 Å². The highest BCUT2D eigenvalue weighted by Gasteiger charge is 2.36. The van der Waals surface area contributed by atoms with Gasteiger partial charge in [0.2, 0.25) is 0 Å². The molecule has 0 fully saturated rings. The lowest BCUT2D eigenvalue weighted by atomic mass is 9.75. The van der Waals surface area contributed by atoms with Crippen LogP contribution in [0.1, 0.15) is 40.0 Å². The third-order valence-electron chi connectivity index (χ3n) is 4.44. The van der Waals surface area contributed by atoms with E-state index in [9.17, 15) is 0 Å². The van der Waals surface area contributed by atoms with E-state index in [1.165, 1.54) is 0 Å². The molecule has 6 heteroatoms. The van der Waals surface area contributed by atoms with Gasteiger partial charge in [0.25, 0.3) is 0 Å². The van der Waals surface area contributed by atoms with Crippen LogP contribution in [0.4, 0.5) is 0 Å². The molecule has 2 N–H and O–H groups in total. The Morgan fingerprint density at radius 3 is 2.14 bits per heavy atom. The van der Waals surface area contributed by atoms with Gasteiger partial charge in [0.1, 0.15) is 0 Å². The van der Waals surface area contributed by atoms with Gasteiger partial charge in [0.05, 0.1) is 6.10 Å². The number of nitrogens with zero attached hydrogens (tertiary/aromatic N) is 2. The van der Waals surface area contributed by atoms with Gasteiger partial charge in [-0.2, -0.15) is 0 Å². The molecule has 2 aromatic heterocycles. The van der Waals surface area contributed by atoms with Crippen LogP contribution >= 0.6 is 8.15 Å². The third kappa shape index (κ3) is 3.47. The first-order valence-corrected chi connectivity index (χ1v) is 8.99. The highest BCUT2D eigenvalue weighted by Crippen LogP contribution is 2.43. The predicted octanol–water partition coefficient (Wildman–Crippen LogP) is 3.27. The molecule has 0 bridgehead atoms. The van der Waals surface area contributed by atoms with E-state index in [4.69, 9.17) is 4.52 Å². The van der Waals surface area contributed by atoms with Gasteiger partial charge in [-0.25, -0.2) is 9.97 Å². The zero-order valence-electron chi connectivity index (χ0n) is 13.5. The molecule has 0 saturated heterocycles. The van der Waals surface area contributed by atoms with Crippen LogP contribution in [0.25, 0.3) is 0 Å². The van der Waals surface area contributed by atoms with Gasteiger partial charge < -0.3 is 14.5 Å². The molecular formula is C16H25N4OP. The maximum Gasteiger partial charge on any atom is 0.167 e. The molecular weight excluding hydrogens is 295 g/mol. The third-order valence-corrected chi connectivity index (χ3v) is 6.22.